The first-order chi connectivity index (χ1) is 7.79. The van der Waals surface area contributed by atoms with Crippen molar-refractivity contribution in [3.05, 3.63) is 46.3 Å². The van der Waals surface area contributed by atoms with E-state index in [4.69, 9.17) is 0 Å². The molecule has 0 spiro atoms. The Kier molecular flexibility index (Phi) is 3.61. The van der Waals surface area contributed by atoms with Crippen LogP contribution in [0.1, 0.15) is 0 Å². The van der Waals surface area contributed by atoms with Gasteiger partial charge in [0, 0.05) is 10.6 Å². The molecule has 16 heavy (non-hydrogen) atoms. The van der Waals surface area contributed by atoms with Gasteiger partial charge in [0.15, 0.2) is 0 Å². The normalized spacial score (nSPS) is 9.88. The molecule has 0 aliphatic carbocycles. The van der Waals surface area contributed by atoms with Crippen molar-refractivity contribution in [3.8, 4) is 0 Å². The monoisotopic (exact) mass is 325 g/mol. The molecule has 0 fully saturated rings. The fraction of sp³-hybridized carbons (Fsp3) is 0.0833. The molecule has 0 atom stereocenters. The third kappa shape index (κ3) is 2.63. The molecule has 3 nitrogen and oxygen atoms in total. The van der Waals surface area contributed by atoms with Gasteiger partial charge in [-0.1, -0.05) is 12.1 Å². The van der Waals surface area contributed by atoms with E-state index in [2.05, 4.69) is 44.3 Å². The van der Waals surface area contributed by atoms with Crippen LogP contribution in [0.5, 0.6) is 0 Å². The molecule has 0 aliphatic heterocycles. The highest BCUT2D eigenvalue weighted by Crippen LogP contribution is 2.22. The minimum atomic E-state index is 0.982. The van der Waals surface area contributed by atoms with Crippen molar-refractivity contribution in [1.82, 2.24) is 4.98 Å². The summed E-state index contributed by atoms with van der Waals surface area (Å²) in [5.74, 6) is 0. The molecule has 0 saturated carbocycles. The maximum absolute atomic E-state index is 4.15. The molecule has 0 unspecified atom stereocenters. The van der Waals surface area contributed by atoms with Gasteiger partial charge in [-0.05, 0) is 40.8 Å². The van der Waals surface area contributed by atoms with Gasteiger partial charge in [0.2, 0.25) is 0 Å². The number of hydrogen-bond donors (Lipinski definition) is 2. The SMILES string of the molecule is CNc1cncc(Nc2ccccc2I)c1. The number of rotatable bonds is 3. The van der Waals surface area contributed by atoms with Crippen molar-refractivity contribution in [2.24, 2.45) is 0 Å². The molecule has 0 aliphatic rings. The lowest BCUT2D eigenvalue weighted by Crippen LogP contribution is -1.95. The van der Waals surface area contributed by atoms with Crippen molar-refractivity contribution in [2.45, 2.75) is 0 Å². The second-order valence-corrected chi connectivity index (χ2v) is 4.48. The van der Waals surface area contributed by atoms with Crippen LogP contribution < -0.4 is 10.6 Å². The predicted molar refractivity (Wildman–Crippen MR) is 76.2 cm³/mol. The van der Waals surface area contributed by atoms with E-state index in [0.717, 1.165) is 17.1 Å². The maximum Gasteiger partial charge on any atom is 0.0591 e. The van der Waals surface area contributed by atoms with Crippen molar-refractivity contribution < 1.29 is 0 Å². The zero-order chi connectivity index (χ0) is 11.4. The Hall–Kier alpha value is -1.30. The number of pyridine rings is 1. The Morgan fingerprint density at radius 1 is 1.12 bits per heavy atom. The fourth-order valence-electron chi connectivity index (χ4n) is 1.36. The van der Waals surface area contributed by atoms with E-state index in [9.17, 15) is 0 Å². The third-order valence-corrected chi connectivity index (χ3v) is 3.12. The van der Waals surface area contributed by atoms with Crippen molar-refractivity contribution in [2.75, 3.05) is 17.7 Å². The Morgan fingerprint density at radius 2 is 1.88 bits per heavy atom. The van der Waals surface area contributed by atoms with Crippen LogP contribution in [0.4, 0.5) is 17.1 Å². The van der Waals surface area contributed by atoms with E-state index in [1.54, 1.807) is 6.20 Å². The first-order valence-electron chi connectivity index (χ1n) is 4.94. The summed E-state index contributed by atoms with van der Waals surface area (Å²) in [5, 5.41) is 6.40. The molecule has 82 valence electrons. The predicted octanol–water partition coefficient (Wildman–Crippen LogP) is 3.47. The van der Waals surface area contributed by atoms with Crippen LogP contribution in [0.15, 0.2) is 42.7 Å². The van der Waals surface area contributed by atoms with Crippen molar-refractivity contribution in [3.63, 3.8) is 0 Å². The van der Waals surface area contributed by atoms with Crippen LogP contribution in [0.3, 0.4) is 0 Å². The zero-order valence-corrected chi connectivity index (χ0v) is 11.0. The molecule has 4 heteroatoms. The molecular weight excluding hydrogens is 313 g/mol. The first kappa shape index (κ1) is 11.2. The lowest BCUT2D eigenvalue weighted by Gasteiger charge is -2.09. The van der Waals surface area contributed by atoms with E-state index >= 15 is 0 Å². The number of anilines is 3. The molecule has 0 radical (unpaired) electrons. The molecule has 1 aromatic carbocycles. The molecule has 1 aromatic heterocycles. The smallest absolute Gasteiger partial charge is 0.0591 e. The second kappa shape index (κ2) is 5.16. The third-order valence-electron chi connectivity index (χ3n) is 2.18. The van der Waals surface area contributed by atoms with Crippen LogP contribution in [0.2, 0.25) is 0 Å². The van der Waals surface area contributed by atoms with E-state index in [0.29, 0.717) is 0 Å². The molecular formula is C12H12IN3. The summed E-state index contributed by atoms with van der Waals surface area (Å²) < 4.78 is 1.19. The lowest BCUT2D eigenvalue weighted by atomic mass is 10.3. The molecule has 2 N–H and O–H groups in total. The topological polar surface area (TPSA) is 37.0 Å². The van der Waals surface area contributed by atoms with Gasteiger partial charge in [-0.25, -0.2) is 0 Å². The van der Waals surface area contributed by atoms with Crippen LogP contribution in [-0.2, 0) is 0 Å². The van der Waals surface area contributed by atoms with Crippen molar-refractivity contribution >= 4 is 39.7 Å². The van der Waals surface area contributed by atoms with Crippen LogP contribution in [0.25, 0.3) is 0 Å². The van der Waals surface area contributed by atoms with Gasteiger partial charge in [0.25, 0.3) is 0 Å². The van der Waals surface area contributed by atoms with E-state index in [1.807, 2.05) is 37.5 Å². The molecule has 0 amide bonds. The van der Waals surface area contributed by atoms with Gasteiger partial charge in [0.05, 0.1) is 29.5 Å². The zero-order valence-electron chi connectivity index (χ0n) is 8.87. The number of aromatic nitrogens is 1. The lowest BCUT2D eigenvalue weighted by molar-refractivity contribution is 1.30. The van der Waals surface area contributed by atoms with E-state index in [1.165, 1.54) is 3.57 Å². The summed E-state index contributed by atoms with van der Waals surface area (Å²) >= 11 is 2.31. The van der Waals surface area contributed by atoms with Gasteiger partial charge in [0.1, 0.15) is 0 Å². The average Bonchev–Trinajstić information content (AvgIpc) is 2.32. The highest BCUT2D eigenvalue weighted by Gasteiger charge is 1.99. The van der Waals surface area contributed by atoms with Crippen molar-refractivity contribution in [1.29, 1.82) is 0 Å². The number of benzene rings is 1. The maximum atomic E-state index is 4.15. The minimum Gasteiger partial charge on any atom is -0.387 e. The number of hydrogen-bond acceptors (Lipinski definition) is 3. The van der Waals surface area contributed by atoms with Crippen LogP contribution in [0, 0.1) is 3.57 Å². The Morgan fingerprint density at radius 3 is 2.62 bits per heavy atom. The highest BCUT2D eigenvalue weighted by molar-refractivity contribution is 14.1. The molecule has 0 saturated heterocycles. The number of halogens is 1. The molecule has 0 bridgehead atoms. The molecule has 2 aromatic rings. The Labute approximate surface area is 108 Å². The Bertz CT molecular complexity index is 485. The summed E-state index contributed by atoms with van der Waals surface area (Å²) in [6.07, 6.45) is 3.60. The number of nitrogens with one attached hydrogen (secondary N) is 2. The van der Waals surface area contributed by atoms with Gasteiger partial charge < -0.3 is 10.6 Å². The molecule has 2 rings (SSSR count). The first-order valence-corrected chi connectivity index (χ1v) is 6.02. The van der Waals surface area contributed by atoms with E-state index < -0.39 is 0 Å². The second-order valence-electron chi connectivity index (χ2n) is 3.32. The quantitative estimate of drug-likeness (QED) is 0.849. The van der Waals surface area contributed by atoms with Gasteiger partial charge in [-0.15, -0.1) is 0 Å². The minimum absolute atomic E-state index is 0.982. The fourth-order valence-corrected chi connectivity index (χ4v) is 1.89. The van der Waals surface area contributed by atoms with Gasteiger partial charge in [-0.3, -0.25) is 4.98 Å². The van der Waals surface area contributed by atoms with E-state index in [-0.39, 0.29) is 0 Å². The van der Waals surface area contributed by atoms with Crippen LogP contribution in [-0.4, -0.2) is 12.0 Å². The molecule has 1 heterocycles. The summed E-state index contributed by atoms with van der Waals surface area (Å²) in [5.41, 5.74) is 3.07. The Balaban J connectivity index is 2.24. The number of para-hydroxylation sites is 1. The number of nitrogens with zero attached hydrogens (tertiary/aromatic N) is 1. The summed E-state index contributed by atoms with van der Waals surface area (Å²) in [6, 6.07) is 10.2. The van der Waals surface area contributed by atoms with Gasteiger partial charge >= 0.3 is 0 Å². The summed E-state index contributed by atoms with van der Waals surface area (Å²) in [4.78, 5) is 4.15. The summed E-state index contributed by atoms with van der Waals surface area (Å²) in [6.45, 7) is 0. The van der Waals surface area contributed by atoms with Crippen LogP contribution >= 0.6 is 22.6 Å². The standard InChI is InChI=1S/C12H12IN3/c1-14-9-6-10(8-15-7-9)16-12-5-3-2-4-11(12)13/h2-8,14,16H,1H3. The summed E-state index contributed by atoms with van der Waals surface area (Å²) in [7, 11) is 1.88. The van der Waals surface area contributed by atoms with Gasteiger partial charge in [-0.2, -0.15) is 0 Å². The average molecular weight is 325 g/mol. The largest absolute Gasteiger partial charge is 0.387 e. The highest BCUT2D eigenvalue weighted by atomic mass is 127.